The van der Waals surface area contributed by atoms with Crippen LogP contribution in [-0.2, 0) is 0 Å². The molecule has 2 nitrogen and oxygen atoms in total. The van der Waals surface area contributed by atoms with Crippen LogP contribution in [0, 0.1) is 13.8 Å². The van der Waals surface area contributed by atoms with Gasteiger partial charge in [0.25, 0.3) is 0 Å². The highest BCUT2D eigenvalue weighted by molar-refractivity contribution is 5.57. The first-order valence-electron chi connectivity index (χ1n) is 6.29. The molecular weight excluding hydrogens is 210 g/mol. The predicted octanol–water partition coefficient (Wildman–Crippen LogP) is 3.45. The minimum atomic E-state index is 0.714. The minimum absolute atomic E-state index is 0.714. The van der Waals surface area contributed by atoms with Crippen LogP contribution in [0.2, 0.25) is 0 Å². The van der Waals surface area contributed by atoms with Crippen LogP contribution in [0.25, 0.3) is 6.08 Å². The summed E-state index contributed by atoms with van der Waals surface area (Å²) < 4.78 is 5.57. The van der Waals surface area contributed by atoms with E-state index < -0.39 is 0 Å². The fourth-order valence-electron chi connectivity index (χ4n) is 1.75. The zero-order valence-corrected chi connectivity index (χ0v) is 11.1. The summed E-state index contributed by atoms with van der Waals surface area (Å²) in [7, 11) is 0. The number of aryl methyl sites for hydroxylation is 2. The summed E-state index contributed by atoms with van der Waals surface area (Å²) in [6.45, 7) is 7.68. The van der Waals surface area contributed by atoms with Crippen molar-refractivity contribution in [3.63, 3.8) is 0 Å². The highest BCUT2D eigenvalue weighted by Crippen LogP contribution is 2.23. The van der Waals surface area contributed by atoms with Gasteiger partial charge in [0.1, 0.15) is 5.75 Å². The molecule has 0 saturated heterocycles. The molecule has 0 saturated carbocycles. The average Bonchev–Trinajstić information content (AvgIpc) is 2.30. The molecule has 0 atom stereocenters. The number of nitrogens with two attached hydrogens (primary N) is 1. The lowest BCUT2D eigenvalue weighted by atomic mass is 10.0. The molecule has 1 aromatic carbocycles. The average molecular weight is 233 g/mol. The van der Waals surface area contributed by atoms with Gasteiger partial charge in [0.15, 0.2) is 0 Å². The third kappa shape index (κ3) is 4.23. The van der Waals surface area contributed by atoms with E-state index in [0.29, 0.717) is 6.61 Å². The van der Waals surface area contributed by atoms with Crippen molar-refractivity contribution in [3.8, 4) is 5.75 Å². The van der Waals surface area contributed by atoms with Crippen molar-refractivity contribution in [1.29, 1.82) is 0 Å². The number of rotatable bonds is 6. The lowest BCUT2D eigenvalue weighted by Gasteiger charge is -2.10. The predicted molar refractivity (Wildman–Crippen MR) is 74.4 cm³/mol. The fourth-order valence-corrected chi connectivity index (χ4v) is 1.75. The molecule has 0 amide bonds. The standard InChI is InChI=1S/C15H23NO/c1-4-17-15-11-12(2)14(10-13(15)3)8-6-5-7-9-16/h6,8,10-11H,4-5,7,9,16H2,1-3H3/b8-6+. The molecule has 2 heteroatoms. The number of ether oxygens (including phenoxy) is 1. The molecule has 1 aromatic rings. The van der Waals surface area contributed by atoms with E-state index in [9.17, 15) is 0 Å². The Balaban J connectivity index is 2.80. The van der Waals surface area contributed by atoms with Crippen molar-refractivity contribution >= 4 is 6.08 Å². The smallest absolute Gasteiger partial charge is 0.122 e. The highest BCUT2D eigenvalue weighted by Gasteiger charge is 2.02. The Kier molecular flexibility index (Phi) is 5.78. The molecule has 17 heavy (non-hydrogen) atoms. The largest absolute Gasteiger partial charge is 0.494 e. The molecule has 94 valence electrons. The van der Waals surface area contributed by atoms with Crippen LogP contribution in [0.1, 0.15) is 36.5 Å². The van der Waals surface area contributed by atoms with E-state index in [2.05, 4.69) is 38.1 Å². The summed E-state index contributed by atoms with van der Waals surface area (Å²) in [5.74, 6) is 0.990. The van der Waals surface area contributed by atoms with E-state index >= 15 is 0 Å². The van der Waals surface area contributed by atoms with Gasteiger partial charge in [-0.1, -0.05) is 12.2 Å². The monoisotopic (exact) mass is 233 g/mol. The van der Waals surface area contributed by atoms with Crippen LogP contribution in [-0.4, -0.2) is 13.2 Å². The summed E-state index contributed by atoms with van der Waals surface area (Å²) in [6.07, 6.45) is 6.45. The van der Waals surface area contributed by atoms with Crippen LogP contribution in [0.5, 0.6) is 5.75 Å². The van der Waals surface area contributed by atoms with Gasteiger partial charge in [-0.25, -0.2) is 0 Å². The summed E-state index contributed by atoms with van der Waals surface area (Å²) >= 11 is 0. The summed E-state index contributed by atoms with van der Waals surface area (Å²) in [6, 6.07) is 4.29. The molecular formula is C15H23NO. The second kappa shape index (κ2) is 7.13. The van der Waals surface area contributed by atoms with Crippen molar-refractivity contribution in [2.24, 2.45) is 5.73 Å². The van der Waals surface area contributed by atoms with Crippen molar-refractivity contribution in [2.45, 2.75) is 33.6 Å². The maximum Gasteiger partial charge on any atom is 0.122 e. The van der Waals surface area contributed by atoms with Gasteiger partial charge in [-0.05, 0) is 69.0 Å². The van der Waals surface area contributed by atoms with Crippen molar-refractivity contribution in [2.75, 3.05) is 13.2 Å². The number of hydrogen-bond donors (Lipinski definition) is 1. The van der Waals surface area contributed by atoms with E-state index in [-0.39, 0.29) is 0 Å². The van der Waals surface area contributed by atoms with Gasteiger partial charge < -0.3 is 10.5 Å². The molecule has 2 N–H and O–H groups in total. The van der Waals surface area contributed by atoms with E-state index in [0.717, 1.165) is 25.1 Å². The van der Waals surface area contributed by atoms with E-state index in [1.54, 1.807) is 0 Å². The lowest BCUT2D eigenvalue weighted by molar-refractivity contribution is 0.337. The fraction of sp³-hybridized carbons (Fsp3) is 0.467. The van der Waals surface area contributed by atoms with Gasteiger partial charge in [0, 0.05) is 0 Å². The summed E-state index contributed by atoms with van der Waals surface area (Å²) in [5.41, 5.74) is 9.17. The second-order valence-electron chi connectivity index (χ2n) is 4.24. The molecule has 0 aliphatic rings. The minimum Gasteiger partial charge on any atom is -0.494 e. The highest BCUT2D eigenvalue weighted by atomic mass is 16.5. The molecule has 0 bridgehead atoms. The SMILES string of the molecule is CCOc1cc(C)c(/C=C/CCCN)cc1C. The first-order chi connectivity index (χ1) is 8.19. The van der Waals surface area contributed by atoms with E-state index in [1.807, 2.05) is 6.92 Å². The van der Waals surface area contributed by atoms with Crippen LogP contribution in [0.3, 0.4) is 0 Å². The molecule has 0 spiro atoms. The van der Waals surface area contributed by atoms with Crippen LogP contribution < -0.4 is 10.5 Å². The first-order valence-corrected chi connectivity index (χ1v) is 6.29. The third-order valence-electron chi connectivity index (χ3n) is 2.74. The number of allylic oxidation sites excluding steroid dienone is 1. The van der Waals surface area contributed by atoms with Gasteiger partial charge in [-0.15, -0.1) is 0 Å². The van der Waals surface area contributed by atoms with Gasteiger partial charge >= 0.3 is 0 Å². The quantitative estimate of drug-likeness (QED) is 0.764. The number of benzene rings is 1. The Labute approximate surface area is 104 Å². The molecule has 0 fully saturated rings. The molecule has 1 rings (SSSR count). The van der Waals surface area contributed by atoms with E-state index in [4.69, 9.17) is 10.5 Å². The Bertz CT molecular complexity index is 383. The summed E-state index contributed by atoms with van der Waals surface area (Å²) in [4.78, 5) is 0. The topological polar surface area (TPSA) is 35.2 Å². The van der Waals surface area contributed by atoms with Crippen molar-refractivity contribution < 1.29 is 4.74 Å². The zero-order valence-electron chi connectivity index (χ0n) is 11.1. The molecule has 0 unspecified atom stereocenters. The van der Waals surface area contributed by atoms with Crippen molar-refractivity contribution in [3.05, 3.63) is 34.9 Å². The molecule has 0 aromatic heterocycles. The third-order valence-corrected chi connectivity index (χ3v) is 2.74. The van der Waals surface area contributed by atoms with E-state index in [1.165, 1.54) is 16.7 Å². The first kappa shape index (κ1) is 13.8. The molecule has 0 aliphatic carbocycles. The Morgan fingerprint density at radius 2 is 2.00 bits per heavy atom. The summed E-state index contributed by atoms with van der Waals surface area (Å²) in [5, 5.41) is 0. The molecule has 0 heterocycles. The van der Waals surface area contributed by atoms with Gasteiger partial charge in [-0.2, -0.15) is 0 Å². The van der Waals surface area contributed by atoms with Gasteiger partial charge in [0.2, 0.25) is 0 Å². The zero-order chi connectivity index (χ0) is 12.7. The second-order valence-corrected chi connectivity index (χ2v) is 4.24. The Morgan fingerprint density at radius 1 is 1.24 bits per heavy atom. The van der Waals surface area contributed by atoms with Crippen LogP contribution in [0.4, 0.5) is 0 Å². The maximum absolute atomic E-state index is 5.57. The Hall–Kier alpha value is -1.28. The van der Waals surface area contributed by atoms with Gasteiger partial charge in [0.05, 0.1) is 6.61 Å². The lowest BCUT2D eigenvalue weighted by Crippen LogP contribution is -1.97. The van der Waals surface area contributed by atoms with Crippen LogP contribution >= 0.6 is 0 Å². The number of unbranched alkanes of at least 4 members (excludes halogenated alkanes) is 1. The normalized spacial score (nSPS) is 11.1. The number of hydrogen-bond acceptors (Lipinski definition) is 2. The van der Waals surface area contributed by atoms with Crippen LogP contribution in [0.15, 0.2) is 18.2 Å². The Morgan fingerprint density at radius 3 is 2.65 bits per heavy atom. The van der Waals surface area contributed by atoms with Gasteiger partial charge in [-0.3, -0.25) is 0 Å². The molecule has 0 radical (unpaired) electrons. The van der Waals surface area contributed by atoms with Crippen molar-refractivity contribution in [1.82, 2.24) is 0 Å². The maximum atomic E-state index is 5.57. The molecule has 0 aliphatic heterocycles.